The Kier molecular flexibility index (Phi) is 6.05. The molecule has 29 heavy (non-hydrogen) atoms. The molecule has 2 fully saturated rings. The third kappa shape index (κ3) is 4.25. The predicted molar refractivity (Wildman–Crippen MR) is 113 cm³/mol. The summed E-state index contributed by atoms with van der Waals surface area (Å²) in [5.41, 5.74) is 2.66. The lowest BCUT2D eigenvalue weighted by atomic mass is 9.82. The summed E-state index contributed by atoms with van der Waals surface area (Å²) < 4.78 is 10.6. The Labute approximate surface area is 173 Å². The highest BCUT2D eigenvalue weighted by molar-refractivity contribution is 5.67. The van der Waals surface area contributed by atoms with Crippen LogP contribution in [-0.2, 0) is 11.3 Å². The van der Waals surface area contributed by atoms with E-state index in [2.05, 4.69) is 47.4 Å². The van der Waals surface area contributed by atoms with Gasteiger partial charge in [0, 0.05) is 44.1 Å². The first kappa shape index (κ1) is 19.8. The fourth-order valence-electron chi connectivity index (χ4n) is 4.93. The number of rotatable bonds is 5. The second kappa shape index (κ2) is 8.87. The summed E-state index contributed by atoms with van der Waals surface area (Å²) in [6.45, 7) is 5.76. The zero-order chi connectivity index (χ0) is 20.2. The fourth-order valence-corrected chi connectivity index (χ4v) is 4.93. The van der Waals surface area contributed by atoms with Crippen LogP contribution >= 0.6 is 0 Å². The number of methoxy groups -OCH3 is 1. The molecule has 5 nitrogen and oxygen atoms in total. The van der Waals surface area contributed by atoms with Crippen LogP contribution in [0.15, 0.2) is 54.6 Å². The number of hydrogen-bond acceptors (Lipinski definition) is 4. The number of carbonyl (C=O) groups excluding carboxylic acids is 1. The molecule has 1 amide bonds. The standard InChI is InChI=1S/C24H30N2O3/c1-3-29-24(27)25-14-13-23-22(17-25)21(19-9-11-20(28-2)12-10-19)16-26(23)15-18-7-5-4-6-8-18/h4-12,21-23H,3,13-17H2,1-2H3/t21-,22-,23-/m1/s1. The van der Waals surface area contributed by atoms with Crippen molar-refractivity contribution in [3.63, 3.8) is 0 Å². The number of likely N-dealkylation sites (tertiary alicyclic amines) is 2. The van der Waals surface area contributed by atoms with Crippen LogP contribution in [0.2, 0.25) is 0 Å². The first-order chi connectivity index (χ1) is 14.2. The van der Waals surface area contributed by atoms with E-state index in [0.29, 0.717) is 24.5 Å². The van der Waals surface area contributed by atoms with Gasteiger partial charge in [-0.15, -0.1) is 0 Å². The van der Waals surface area contributed by atoms with E-state index in [1.54, 1.807) is 7.11 Å². The number of hydrogen-bond donors (Lipinski definition) is 0. The quantitative estimate of drug-likeness (QED) is 0.764. The Balaban J connectivity index is 1.57. The van der Waals surface area contributed by atoms with Gasteiger partial charge in [0.2, 0.25) is 0 Å². The average molecular weight is 395 g/mol. The normalized spacial score (nSPS) is 24.2. The van der Waals surface area contributed by atoms with Gasteiger partial charge in [-0.1, -0.05) is 42.5 Å². The zero-order valence-electron chi connectivity index (χ0n) is 17.3. The molecule has 2 aliphatic heterocycles. The summed E-state index contributed by atoms with van der Waals surface area (Å²) in [7, 11) is 1.69. The van der Waals surface area contributed by atoms with Crippen LogP contribution in [0.1, 0.15) is 30.4 Å². The molecule has 3 atom stereocenters. The van der Waals surface area contributed by atoms with Crippen molar-refractivity contribution >= 4 is 6.09 Å². The number of piperidine rings is 1. The van der Waals surface area contributed by atoms with Crippen LogP contribution < -0.4 is 4.74 Å². The molecule has 0 aliphatic carbocycles. The molecular formula is C24H30N2O3. The predicted octanol–water partition coefficient (Wildman–Crippen LogP) is 4.14. The highest BCUT2D eigenvalue weighted by Crippen LogP contribution is 2.42. The minimum absolute atomic E-state index is 0.180. The van der Waals surface area contributed by atoms with Crippen molar-refractivity contribution in [3.8, 4) is 5.75 Å². The molecule has 2 heterocycles. The van der Waals surface area contributed by atoms with E-state index in [1.807, 2.05) is 24.0 Å². The van der Waals surface area contributed by atoms with Gasteiger partial charge in [-0.05, 0) is 36.6 Å². The largest absolute Gasteiger partial charge is 0.497 e. The molecule has 0 N–H and O–H groups in total. The van der Waals surface area contributed by atoms with Gasteiger partial charge in [-0.2, -0.15) is 0 Å². The van der Waals surface area contributed by atoms with Crippen molar-refractivity contribution in [3.05, 3.63) is 65.7 Å². The number of amides is 1. The van der Waals surface area contributed by atoms with Gasteiger partial charge in [-0.25, -0.2) is 4.79 Å². The third-order valence-corrected chi connectivity index (χ3v) is 6.34. The van der Waals surface area contributed by atoms with Crippen molar-refractivity contribution in [2.75, 3.05) is 33.4 Å². The zero-order valence-corrected chi connectivity index (χ0v) is 17.3. The summed E-state index contributed by atoms with van der Waals surface area (Å²) in [6, 6.07) is 19.6. The van der Waals surface area contributed by atoms with Crippen LogP contribution in [0, 0.1) is 5.92 Å². The Hall–Kier alpha value is -2.53. The van der Waals surface area contributed by atoms with Gasteiger partial charge in [0.1, 0.15) is 5.75 Å². The van der Waals surface area contributed by atoms with Crippen LogP contribution in [0.5, 0.6) is 5.75 Å². The summed E-state index contributed by atoms with van der Waals surface area (Å²) >= 11 is 0. The third-order valence-electron chi connectivity index (χ3n) is 6.34. The van der Waals surface area contributed by atoms with Gasteiger partial charge in [-0.3, -0.25) is 4.90 Å². The maximum absolute atomic E-state index is 12.4. The molecular weight excluding hydrogens is 364 g/mol. The molecule has 0 radical (unpaired) electrons. The van der Waals surface area contributed by atoms with Gasteiger partial charge in [0.25, 0.3) is 0 Å². The number of fused-ring (bicyclic) bond motifs is 1. The SMILES string of the molecule is CCOC(=O)N1CC[C@@H]2[C@H](C1)[C@@H](c1ccc(OC)cc1)CN2Cc1ccccc1. The summed E-state index contributed by atoms with van der Waals surface area (Å²) in [4.78, 5) is 16.9. The second-order valence-corrected chi connectivity index (χ2v) is 7.96. The summed E-state index contributed by atoms with van der Waals surface area (Å²) in [6.07, 6.45) is 0.809. The highest BCUT2D eigenvalue weighted by atomic mass is 16.6. The number of ether oxygens (including phenoxy) is 2. The van der Waals surface area contributed by atoms with Crippen molar-refractivity contribution in [2.45, 2.75) is 31.8 Å². The number of carbonyl (C=O) groups is 1. The molecule has 0 saturated carbocycles. The molecule has 2 aromatic rings. The van der Waals surface area contributed by atoms with Gasteiger partial charge in [0.05, 0.1) is 13.7 Å². The molecule has 2 aromatic carbocycles. The first-order valence-corrected chi connectivity index (χ1v) is 10.5. The Bertz CT molecular complexity index is 809. The highest BCUT2D eigenvalue weighted by Gasteiger charge is 2.46. The Morgan fingerprint density at radius 1 is 1.07 bits per heavy atom. The monoisotopic (exact) mass is 394 g/mol. The minimum atomic E-state index is -0.180. The Morgan fingerprint density at radius 3 is 2.52 bits per heavy atom. The van der Waals surface area contributed by atoms with Crippen LogP contribution in [0.4, 0.5) is 4.79 Å². The number of benzene rings is 2. The number of nitrogens with zero attached hydrogens (tertiary/aromatic N) is 2. The summed E-state index contributed by atoms with van der Waals surface area (Å²) in [5.74, 6) is 1.68. The van der Waals surface area contributed by atoms with E-state index in [-0.39, 0.29) is 6.09 Å². The molecule has 0 aromatic heterocycles. The minimum Gasteiger partial charge on any atom is -0.497 e. The van der Waals surface area contributed by atoms with Crippen molar-refractivity contribution in [2.24, 2.45) is 5.92 Å². The lowest BCUT2D eigenvalue weighted by Crippen LogP contribution is -2.48. The lowest BCUT2D eigenvalue weighted by molar-refractivity contribution is 0.0693. The van der Waals surface area contributed by atoms with E-state index >= 15 is 0 Å². The first-order valence-electron chi connectivity index (χ1n) is 10.5. The molecule has 5 heteroatoms. The molecule has 0 unspecified atom stereocenters. The van der Waals surface area contributed by atoms with Crippen LogP contribution in [0.25, 0.3) is 0 Å². The van der Waals surface area contributed by atoms with E-state index in [4.69, 9.17) is 9.47 Å². The molecule has 0 bridgehead atoms. The van der Waals surface area contributed by atoms with Crippen molar-refractivity contribution in [1.29, 1.82) is 0 Å². The van der Waals surface area contributed by atoms with Crippen molar-refractivity contribution in [1.82, 2.24) is 9.80 Å². The van der Waals surface area contributed by atoms with Gasteiger partial charge >= 0.3 is 6.09 Å². The topological polar surface area (TPSA) is 42.0 Å². The van der Waals surface area contributed by atoms with E-state index < -0.39 is 0 Å². The molecule has 4 rings (SSSR count). The van der Waals surface area contributed by atoms with E-state index in [9.17, 15) is 4.79 Å². The van der Waals surface area contributed by atoms with E-state index in [1.165, 1.54) is 11.1 Å². The molecule has 2 saturated heterocycles. The van der Waals surface area contributed by atoms with Crippen LogP contribution in [-0.4, -0.2) is 55.3 Å². The van der Waals surface area contributed by atoms with Crippen molar-refractivity contribution < 1.29 is 14.3 Å². The van der Waals surface area contributed by atoms with E-state index in [0.717, 1.165) is 38.3 Å². The average Bonchev–Trinajstić information content (AvgIpc) is 3.12. The second-order valence-electron chi connectivity index (χ2n) is 7.96. The van der Waals surface area contributed by atoms with Gasteiger partial charge < -0.3 is 14.4 Å². The molecule has 154 valence electrons. The maximum atomic E-state index is 12.4. The Morgan fingerprint density at radius 2 is 1.83 bits per heavy atom. The van der Waals surface area contributed by atoms with Gasteiger partial charge in [0.15, 0.2) is 0 Å². The van der Waals surface area contributed by atoms with Crippen LogP contribution in [0.3, 0.4) is 0 Å². The lowest BCUT2D eigenvalue weighted by Gasteiger charge is -2.38. The molecule has 2 aliphatic rings. The maximum Gasteiger partial charge on any atom is 0.409 e. The summed E-state index contributed by atoms with van der Waals surface area (Å²) in [5, 5.41) is 0. The molecule has 0 spiro atoms. The smallest absolute Gasteiger partial charge is 0.409 e. The fraction of sp³-hybridized carbons (Fsp3) is 0.458.